The third-order valence-corrected chi connectivity index (χ3v) is 9.43. The fraction of sp³-hybridized carbons (Fsp3) is 0.821. The summed E-state index contributed by atoms with van der Waals surface area (Å²) >= 11 is 0. The van der Waals surface area contributed by atoms with Crippen molar-refractivity contribution in [2.24, 2.45) is 5.73 Å². The molecule has 48 heavy (non-hydrogen) atoms. The Morgan fingerprint density at radius 2 is 1.10 bits per heavy atom. The maximum atomic E-state index is 12.7. The Kier molecular flexibility index (Phi) is 34.6. The Morgan fingerprint density at radius 1 is 0.667 bits per heavy atom. The summed E-state index contributed by atoms with van der Waals surface area (Å²) in [6.07, 6.45) is 40.5. The molecule has 3 unspecified atom stereocenters. The molecule has 8 nitrogen and oxygen atoms in total. The number of hydrogen-bond donors (Lipinski definition) is 4. The summed E-state index contributed by atoms with van der Waals surface area (Å²) in [6, 6.07) is -0.878. The van der Waals surface area contributed by atoms with Gasteiger partial charge in [-0.15, -0.1) is 0 Å². The molecule has 0 saturated heterocycles. The number of phosphoric ester groups is 1. The molecule has 1 amide bonds. The van der Waals surface area contributed by atoms with Crippen molar-refractivity contribution in [1.82, 2.24) is 5.32 Å². The van der Waals surface area contributed by atoms with Crippen LogP contribution in [0.4, 0.5) is 0 Å². The first kappa shape index (κ1) is 46.7. The van der Waals surface area contributed by atoms with E-state index in [9.17, 15) is 19.4 Å². The minimum absolute atomic E-state index is 0.0723. The summed E-state index contributed by atoms with van der Waals surface area (Å²) in [7, 11) is -4.34. The largest absolute Gasteiger partial charge is 0.472 e. The molecular formula is C39H75N2O6P. The molecule has 0 aliphatic rings. The lowest BCUT2D eigenvalue weighted by molar-refractivity contribution is -0.123. The highest BCUT2D eigenvalue weighted by molar-refractivity contribution is 7.47. The van der Waals surface area contributed by atoms with Crippen LogP contribution < -0.4 is 11.1 Å². The number of carbonyl (C=O) groups is 1. The Hall–Kier alpha value is -1.28. The molecule has 0 heterocycles. The summed E-state index contributed by atoms with van der Waals surface area (Å²) in [6.45, 7) is 4.08. The monoisotopic (exact) mass is 699 g/mol. The number of rotatable bonds is 36. The van der Waals surface area contributed by atoms with Crippen LogP contribution in [0.3, 0.4) is 0 Å². The first-order valence-electron chi connectivity index (χ1n) is 19.6. The van der Waals surface area contributed by atoms with Gasteiger partial charge in [0, 0.05) is 13.0 Å². The minimum Gasteiger partial charge on any atom is -0.387 e. The van der Waals surface area contributed by atoms with Crippen LogP contribution in [-0.4, -0.2) is 47.8 Å². The van der Waals surface area contributed by atoms with Crippen molar-refractivity contribution in [1.29, 1.82) is 0 Å². The van der Waals surface area contributed by atoms with Gasteiger partial charge >= 0.3 is 7.82 Å². The number of hydrogen-bond acceptors (Lipinski definition) is 6. The third-order valence-electron chi connectivity index (χ3n) is 8.45. The number of carbonyl (C=O) groups excluding carboxylic acids is 1. The number of phosphoric acid groups is 1. The van der Waals surface area contributed by atoms with E-state index < -0.39 is 20.0 Å². The highest BCUT2D eigenvalue weighted by atomic mass is 31.2. The topological polar surface area (TPSA) is 131 Å². The standard InChI is InChI=1S/C39H75N2O6P/c1-3-5-7-9-11-13-15-16-17-18-19-20-21-23-24-26-28-30-32-38(42)37(36-47-48(44,45)46-35-34-40)41-39(43)33-31-29-27-25-22-14-12-10-8-6-4-2/h18-19,23-24,30,32,37-38,42H,3-17,20-22,25-29,31,33-36,40H2,1-2H3,(H,41,43)(H,44,45)/b19-18+,24-23+,32-30+. The predicted molar refractivity (Wildman–Crippen MR) is 203 cm³/mol. The number of unbranched alkanes of at least 4 members (excludes halogenated alkanes) is 20. The molecule has 5 N–H and O–H groups in total. The Balaban J connectivity index is 4.36. The summed E-state index contributed by atoms with van der Waals surface area (Å²) in [5, 5.41) is 13.6. The van der Waals surface area contributed by atoms with E-state index in [1.54, 1.807) is 6.08 Å². The van der Waals surface area contributed by atoms with Crippen molar-refractivity contribution < 1.29 is 28.4 Å². The fourth-order valence-corrected chi connectivity index (χ4v) is 6.22. The molecule has 0 bridgehead atoms. The molecule has 0 spiro atoms. The van der Waals surface area contributed by atoms with Gasteiger partial charge in [-0.2, -0.15) is 0 Å². The third kappa shape index (κ3) is 33.2. The second kappa shape index (κ2) is 35.5. The van der Waals surface area contributed by atoms with Crippen LogP contribution in [0.25, 0.3) is 0 Å². The molecule has 0 fully saturated rings. The molecule has 282 valence electrons. The molecule has 9 heteroatoms. The van der Waals surface area contributed by atoms with Crippen LogP contribution in [0.1, 0.15) is 174 Å². The summed E-state index contributed by atoms with van der Waals surface area (Å²) in [4.78, 5) is 22.6. The van der Waals surface area contributed by atoms with Crippen LogP contribution in [-0.2, 0) is 18.4 Å². The van der Waals surface area contributed by atoms with E-state index in [-0.39, 0.29) is 25.7 Å². The zero-order chi connectivity index (χ0) is 35.4. The molecule has 0 aromatic rings. The minimum atomic E-state index is -4.34. The van der Waals surface area contributed by atoms with Gasteiger partial charge in [0.25, 0.3) is 0 Å². The van der Waals surface area contributed by atoms with Crippen molar-refractivity contribution >= 4 is 13.7 Å². The second-order valence-electron chi connectivity index (χ2n) is 13.1. The van der Waals surface area contributed by atoms with E-state index in [1.165, 1.54) is 109 Å². The van der Waals surface area contributed by atoms with E-state index in [1.807, 2.05) is 6.08 Å². The highest BCUT2D eigenvalue weighted by Gasteiger charge is 2.26. The van der Waals surface area contributed by atoms with Crippen molar-refractivity contribution in [2.45, 2.75) is 187 Å². The van der Waals surface area contributed by atoms with Crippen LogP contribution in [0, 0.1) is 0 Å². The van der Waals surface area contributed by atoms with Crippen LogP contribution in [0.5, 0.6) is 0 Å². The van der Waals surface area contributed by atoms with Gasteiger partial charge in [0.2, 0.25) is 5.91 Å². The number of nitrogens with one attached hydrogen (secondary N) is 1. The van der Waals surface area contributed by atoms with Crippen molar-refractivity contribution in [3.63, 3.8) is 0 Å². The zero-order valence-corrected chi connectivity index (χ0v) is 31.9. The maximum absolute atomic E-state index is 12.7. The van der Waals surface area contributed by atoms with Crippen LogP contribution in [0.15, 0.2) is 36.5 Å². The van der Waals surface area contributed by atoms with Gasteiger partial charge in [-0.3, -0.25) is 13.8 Å². The molecule has 0 aliphatic heterocycles. The molecular weight excluding hydrogens is 623 g/mol. The van der Waals surface area contributed by atoms with Gasteiger partial charge < -0.3 is 21.1 Å². The number of aliphatic hydroxyl groups is 1. The van der Waals surface area contributed by atoms with Gasteiger partial charge in [0.15, 0.2) is 0 Å². The normalized spacial score (nSPS) is 14.7. The summed E-state index contributed by atoms with van der Waals surface area (Å²) in [5.41, 5.74) is 5.35. The maximum Gasteiger partial charge on any atom is 0.472 e. The van der Waals surface area contributed by atoms with E-state index >= 15 is 0 Å². The van der Waals surface area contributed by atoms with E-state index in [2.05, 4.69) is 43.5 Å². The fourth-order valence-electron chi connectivity index (χ4n) is 5.46. The number of aliphatic hydroxyl groups excluding tert-OH is 1. The lowest BCUT2D eigenvalue weighted by atomic mass is 10.0. The Labute approximate surface area is 295 Å². The molecule has 0 aromatic carbocycles. The zero-order valence-electron chi connectivity index (χ0n) is 31.0. The lowest BCUT2D eigenvalue weighted by Crippen LogP contribution is -2.45. The van der Waals surface area contributed by atoms with Gasteiger partial charge in [-0.05, 0) is 44.9 Å². The van der Waals surface area contributed by atoms with Gasteiger partial charge in [0.1, 0.15) is 0 Å². The Bertz CT molecular complexity index is 850. The van der Waals surface area contributed by atoms with Gasteiger partial charge in [0.05, 0.1) is 25.4 Å². The molecule has 0 aliphatic carbocycles. The predicted octanol–water partition coefficient (Wildman–Crippen LogP) is 10.4. The molecule has 0 saturated carbocycles. The van der Waals surface area contributed by atoms with E-state index in [0.717, 1.165) is 44.9 Å². The molecule has 0 radical (unpaired) electrons. The van der Waals surface area contributed by atoms with Gasteiger partial charge in [-0.1, -0.05) is 159 Å². The van der Waals surface area contributed by atoms with Crippen molar-refractivity contribution in [2.75, 3.05) is 19.8 Å². The molecule has 0 aromatic heterocycles. The number of nitrogens with two attached hydrogens (primary N) is 1. The van der Waals surface area contributed by atoms with E-state index in [0.29, 0.717) is 6.42 Å². The summed E-state index contributed by atoms with van der Waals surface area (Å²) < 4.78 is 22.0. The van der Waals surface area contributed by atoms with Crippen molar-refractivity contribution in [3.8, 4) is 0 Å². The lowest BCUT2D eigenvalue weighted by Gasteiger charge is -2.23. The summed E-state index contributed by atoms with van der Waals surface area (Å²) in [5.74, 6) is -0.211. The quantitative estimate of drug-likeness (QED) is 0.0291. The first-order chi connectivity index (χ1) is 23.4. The van der Waals surface area contributed by atoms with Crippen LogP contribution in [0.2, 0.25) is 0 Å². The number of allylic oxidation sites excluding steroid dienone is 5. The molecule has 3 atom stereocenters. The average molecular weight is 699 g/mol. The first-order valence-corrected chi connectivity index (χ1v) is 21.1. The van der Waals surface area contributed by atoms with Gasteiger partial charge in [-0.25, -0.2) is 4.57 Å². The van der Waals surface area contributed by atoms with Crippen LogP contribution >= 0.6 is 7.82 Å². The highest BCUT2D eigenvalue weighted by Crippen LogP contribution is 2.43. The smallest absolute Gasteiger partial charge is 0.387 e. The molecule has 0 rings (SSSR count). The Morgan fingerprint density at radius 3 is 1.60 bits per heavy atom. The average Bonchev–Trinajstić information content (AvgIpc) is 3.07. The van der Waals surface area contributed by atoms with Crippen molar-refractivity contribution in [3.05, 3.63) is 36.5 Å². The second-order valence-corrected chi connectivity index (χ2v) is 14.6. The SMILES string of the molecule is CCCCCCCCCC/C=C/CC/C=C/CC/C=C/C(O)C(COP(=O)(O)OCCN)NC(=O)CCCCCCCCCCCCC. The van der Waals surface area contributed by atoms with E-state index in [4.69, 9.17) is 14.8 Å². The number of amides is 1.